The van der Waals surface area contributed by atoms with Gasteiger partial charge in [-0.2, -0.15) is 0 Å². The van der Waals surface area contributed by atoms with Crippen molar-refractivity contribution in [3.8, 4) is 0 Å². The molecule has 0 aliphatic rings. The average Bonchev–Trinajstić information content (AvgIpc) is 2.35. The molecule has 1 aromatic carbocycles. The van der Waals surface area contributed by atoms with Crippen LogP contribution >= 0.6 is 23.2 Å². The van der Waals surface area contributed by atoms with E-state index in [1.165, 1.54) is 12.1 Å². The predicted molar refractivity (Wildman–Crippen MR) is 88.5 cm³/mol. The second-order valence-corrected chi connectivity index (χ2v) is 8.21. The monoisotopic (exact) mass is 352 g/mol. The van der Waals surface area contributed by atoms with Crippen LogP contribution < -0.4 is 10.0 Å². The number of sulfonamides is 1. The lowest BCUT2D eigenvalue weighted by Crippen LogP contribution is -2.28. The summed E-state index contributed by atoms with van der Waals surface area (Å²) in [5.74, 6) is 0.216. The average molecular weight is 353 g/mol. The SMILES string of the molecule is CC(C)CNS(=O)(=O)c1cc(CNC(C)C)c(Cl)cc1Cl. The van der Waals surface area contributed by atoms with E-state index in [-0.39, 0.29) is 21.9 Å². The summed E-state index contributed by atoms with van der Waals surface area (Å²) in [6.45, 7) is 8.73. The molecule has 7 heteroatoms. The van der Waals surface area contributed by atoms with Crippen LogP contribution in [0, 0.1) is 5.92 Å². The number of halogens is 2. The highest BCUT2D eigenvalue weighted by Crippen LogP contribution is 2.28. The zero-order valence-corrected chi connectivity index (χ0v) is 15.0. The van der Waals surface area contributed by atoms with Crippen LogP contribution in [-0.2, 0) is 16.6 Å². The summed E-state index contributed by atoms with van der Waals surface area (Å²) in [6.07, 6.45) is 0. The standard InChI is InChI=1S/C14H22Cl2N2O2S/c1-9(2)7-18-21(19,20)14-5-11(8-17-10(3)4)12(15)6-13(14)16/h5-6,9-10,17-18H,7-8H2,1-4H3. The van der Waals surface area contributed by atoms with Crippen LogP contribution in [0.15, 0.2) is 17.0 Å². The Morgan fingerprint density at radius 1 is 1.10 bits per heavy atom. The molecule has 0 fully saturated rings. The molecule has 0 heterocycles. The van der Waals surface area contributed by atoms with E-state index in [1.807, 2.05) is 27.7 Å². The fourth-order valence-electron chi connectivity index (χ4n) is 1.58. The number of hydrogen-bond donors (Lipinski definition) is 2. The zero-order chi connectivity index (χ0) is 16.2. The van der Waals surface area contributed by atoms with Crippen LogP contribution in [0.1, 0.15) is 33.3 Å². The number of nitrogens with one attached hydrogen (secondary N) is 2. The molecule has 0 atom stereocenters. The largest absolute Gasteiger partial charge is 0.310 e. The third kappa shape index (κ3) is 5.75. The predicted octanol–water partition coefficient (Wildman–Crippen LogP) is 3.43. The van der Waals surface area contributed by atoms with Gasteiger partial charge in [0.05, 0.1) is 5.02 Å². The lowest BCUT2D eigenvalue weighted by atomic mass is 10.2. The smallest absolute Gasteiger partial charge is 0.242 e. The maximum absolute atomic E-state index is 12.3. The van der Waals surface area contributed by atoms with Gasteiger partial charge in [0.25, 0.3) is 0 Å². The van der Waals surface area contributed by atoms with Gasteiger partial charge in [-0.1, -0.05) is 50.9 Å². The van der Waals surface area contributed by atoms with Crippen LogP contribution in [0.4, 0.5) is 0 Å². The molecule has 0 aliphatic heterocycles. The summed E-state index contributed by atoms with van der Waals surface area (Å²) in [7, 11) is -3.63. The first-order valence-corrected chi connectivity index (χ1v) is 9.08. The molecule has 21 heavy (non-hydrogen) atoms. The van der Waals surface area contributed by atoms with Gasteiger partial charge in [-0.15, -0.1) is 0 Å². The molecular weight excluding hydrogens is 331 g/mol. The van der Waals surface area contributed by atoms with Crippen molar-refractivity contribution >= 4 is 33.2 Å². The number of hydrogen-bond acceptors (Lipinski definition) is 3. The minimum atomic E-state index is -3.63. The Balaban J connectivity index is 3.09. The summed E-state index contributed by atoms with van der Waals surface area (Å²) in [5, 5.41) is 3.79. The van der Waals surface area contributed by atoms with E-state index in [1.54, 1.807) is 0 Å². The van der Waals surface area contributed by atoms with E-state index in [4.69, 9.17) is 23.2 Å². The Kier molecular flexibility index (Phi) is 6.94. The van der Waals surface area contributed by atoms with Crippen LogP contribution in [-0.4, -0.2) is 21.0 Å². The lowest BCUT2D eigenvalue weighted by molar-refractivity contribution is 0.559. The first-order valence-electron chi connectivity index (χ1n) is 6.84. The molecule has 0 spiro atoms. The molecule has 1 rings (SSSR count). The highest BCUT2D eigenvalue weighted by Gasteiger charge is 2.20. The molecule has 0 saturated heterocycles. The number of benzene rings is 1. The third-order valence-electron chi connectivity index (χ3n) is 2.77. The summed E-state index contributed by atoms with van der Waals surface area (Å²) in [4.78, 5) is 0.0646. The molecule has 0 aromatic heterocycles. The molecule has 1 aromatic rings. The lowest BCUT2D eigenvalue weighted by Gasteiger charge is -2.14. The van der Waals surface area contributed by atoms with Gasteiger partial charge in [-0.25, -0.2) is 13.1 Å². The van der Waals surface area contributed by atoms with Gasteiger partial charge in [0.1, 0.15) is 4.90 Å². The van der Waals surface area contributed by atoms with Crippen molar-refractivity contribution in [1.82, 2.24) is 10.0 Å². The minimum Gasteiger partial charge on any atom is -0.310 e. The van der Waals surface area contributed by atoms with Gasteiger partial charge in [0, 0.05) is 24.2 Å². The van der Waals surface area contributed by atoms with Crippen LogP contribution in [0.25, 0.3) is 0 Å². The molecule has 0 unspecified atom stereocenters. The first-order chi connectivity index (χ1) is 9.63. The van der Waals surface area contributed by atoms with E-state index in [9.17, 15) is 8.42 Å². The van der Waals surface area contributed by atoms with Gasteiger partial charge in [-0.05, 0) is 23.6 Å². The Bertz CT molecular complexity index is 587. The van der Waals surface area contributed by atoms with Gasteiger partial charge >= 0.3 is 0 Å². The van der Waals surface area contributed by atoms with Crippen molar-refractivity contribution in [3.05, 3.63) is 27.7 Å². The topological polar surface area (TPSA) is 58.2 Å². The Labute approximate surface area is 137 Å². The van der Waals surface area contributed by atoms with E-state index in [0.717, 1.165) is 0 Å². The molecule has 120 valence electrons. The Morgan fingerprint density at radius 3 is 2.24 bits per heavy atom. The van der Waals surface area contributed by atoms with Crippen molar-refractivity contribution in [3.63, 3.8) is 0 Å². The normalized spacial score (nSPS) is 12.4. The maximum atomic E-state index is 12.3. The Morgan fingerprint density at radius 2 is 1.71 bits per heavy atom. The van der Waals surface area contributed by atoms with Gasteiger partial charge < -0.3 is 5.32 Å². The second-order valence-electron chi connectivity index (χ2n) is 5.66. The van der Waals surface area contributed by atoms with E-state index in [2.05, 4.69) is 10.0 Å². The van der Waals surface area contributed by atoms with E-state index < -0.39 is 10.0 Å². The fraction of sp³-hybridized carbons (Fsp3) is 0.571. The highest BCUT2D eigenvalue weighted by molar-refractivity contribution is 7.89. The van der Waals surface area contributed by atoms with Crippen LogP contribution in [0.5, 0.6) is 0 Å². The van der Waals surface area contributed by atoms with Gasteiger partial charge in [-0.3, -0.25) is 0 Å². The van der Waals surface area contributed by atoms with E-state index >= 15 is 0 Å². The van der Waals surface area contributed by atoms with E-state index in [0.29, 0.717) is 23.7 Å². The molecule has 2 N–H and O–H groups in total. The third-order valence-corrected chi connectivity index (χ3v) is 5.01. The molecule has 0 amide bonds. The molecule has 0 bridgehead atoms. The molecule has 0 radical (unpaired) electrons. The fourth-order valence-corrected chi connectivity index (χ4v) is 3.66. The van der Waals surface area contributed by atoms with Gasteiger partial charge in [0.15, 0.2) is 0 Å². The van der Waals surface area contributed by atoms with Crippen molar-refractivity contribution in [2.24, 2.45) is 5.92 Å². The summed E-state index contributed by atoms with van der Waals surface area (Å²) in [6, 6.07) is 3.28. The quantitative estimate of drug-likeness (QED) is 0.790. The summed E-state index contributed by atoms with van der Waals surface area (Å²) in [5.41, 5.74) is 0.708. The number of rotatable bonds is 7. The molecule has 0 aliphatic carbocycles. The van der Waals surface area contributed by atoms with Crippen LogP contribution in [0.2, 0.25) is 10.0 Å². The van der Waals surface area contributed by atoms with Crippen molar-refractivity contribution < 1.29 is 8.42 Å². The van der Waals surface area contributed by atoms with Crippen molar-refractivity contribution in [1.29, 1.82) is 0 Å². The second kappa shape index (κ2) is 7.79. The van der Waals surface area contributed by atoms with Crippen LogP contribution in [0.3, 0.4) is 0 Å². The van der Waals surface area contributed by atoms with Crippen molar-refractivity contribution in [2.75, 3.05) is 6.54 Å². The highest BCUT2D eigenvalue weighted by atomic mass is 35.5. The van der Waals surface area contributed by atoms with Crippen molar-refractivity contribution in [2.45, 2.75) is 45.2 Å². The molecular formula is C14H22Cl2N2O2S. The van der Waals surface area contributed by atoms with Gasteiger partial charge in [0.2, 0.25) is 10.0 Å². The summed E-state index contributed by atoms with van der Waals surface area (Å²) >= 11 is 12.2. The minimum absolute atomic E-state index is 0.0646. The maximum Gasteiger partial charge on any atom is 0.242 e. The Hall–Kier alpha value is -0.330. The molecule has 4 nitrogen and oxygen atoms in total. The molecule has 0 saturated carbocycles. The first kappa shape index (κ1) is 18.7. The zero-order valence-electron chi connectivity index (χ0n) is 12.7. The summed E-state index contributed by atoms with van der Waals surface area (Å²) < 4.78 is 27.2.